The van der Waals surface area contributed by atoms with Crippen LogP contribution in [0.15, 0.2) is 24.3 Å². The minimum atomic E-state index is -4.08. The van der Waals surface area contributed by atoms with Crippen molar-refractivity contribution in [1.82, 2.24) is 0 Å². The van der Waals surface area contributed by atoms with Crippen molar-refractivity contribution in [3.8, 4) is 5.75 Å². The van der Waals surface area contributed by atoms with Crippen molar-refractivity contribution in [3.63, 3.8) is 0 Å². The van der Waals surface area contributed by atoms with Crippen LogP contribution in [-0.2, 0) is 9.53 Å². The first-order chi connectivity index (χ1) is 6.95. The van der Waals surface area contributed by atoms with Gasteiger partial charge in [0.1, 0.15) is 11.6 Å². The summed E-state index contributed by atoms with van der Waals surface area (Å²) in [5.74, 6) is -2.73. The molecule has 0 radical (unpaired) electrons. The zero-order chi connectivity index (χ0) is 11.5. The Morgan fingerprint density at radius 2 is 1.80 bits per heavy atom. The maximum Gasteiger partial charge on any atom is 0.502 e. The number of carbonyl (C=O) groups is 1. The van der Waals surface area contributed by atoms with Gasteiger partial charge in [-0.15, -0.1) is 0 Å². The van der Waals surface area contributed by atoms with Crippen LogP contribution < -0.4 is 4.74 Å². The molecule has 1 aromatic carbocycles. The summed E-state index contributed by atoms with van der Waals surface area (Å²) in [5.41, 5.74) is 0. The predicted octanol–water partition coefficient (Wildman–Crippen LogP) is 1.97. The summed E-state index contributed by atoms with van der Waals surface area (Å²) in [5, 5.41) is 0. The highest BCUT2D eigenvalue weighted by Gasteiger charge is 2.43. The van der Waals surface area contributed by atoms with Crippen LogP contribution in [0.1, 0.15) is 0 Å². The molecule has 1 rings (SSSR count). The molecule has 6 heteroatoms. The number of ether oxygens (including phenoxy) is 2. The van der Waals surface area contributed by atoms with Crippen LogP contribution in [0.3, 0.4) is 0 Å². The van der Waals surface area contributed by atoms with E-state index in [0.717, 1.165) is 31.4 Å². The van der Waals surface area contributed by atoms with Gasteiger partial charge in [0.25, 0.3) is 0 Å². The molecule has 0 fully saturated rings. The number of hydrogen-bond acceptors (Lipinski definition) is 3. The Bertz CT molecular complexity index is 348. The van der Waals surface area contributed by atoms with Gasteiger partial charge in [-0.3, -0.25) is 0 Å². The maximum absolute atomic E-state index is 12.8. The minimum Gasteiger partial charge on any atom is -0.462 e. The van der Waals surface area contributed by atoms with E-state index in [9.17, 15) is 18.0 Å². The van der Waals surface area contributed by atoms with Crippen molar-refractivity contribution in [1.29, 1.82) is 0 Å². The Kier molecular flexibility index (Phi) is 3.18. The Morgan fingerprint density at radius 3 is 2.27 bits per heavy atom. The average molecular weight is 220 g/mol. The monoisotopic (exact) mass is 220 g/mol. The van der Waals surface area contributed by atoms with E-state index in [4.69, 9.17) is 0 Å². The number of benzene rings is 1. The first kappa shape index (κ1) is 11.4. The molecule has 0 N–H and O–H groups in total. The second kappa shape index (κ2) is 4.20. The molecule has 0 atom stereocenters. The van der Waals surface area contributed by atoms with Gasteiger partial charge in [-0.05, 0) is 24.3 Å². The molecule has 3 nitrogen and oxygen atoms in total. The molecule has 0 aliphatic heterocycles. The molecule has 0 aliphatic rings. The molecule has 0 aromatic heterocycles. The van der Waals surface area contributed by atoms with Crippen LogP contribution in [-0.4, -0.2) is 19.2 Å². The number of alkyl halides is 2. The number of rotatable bonds is 3. The van der Waals surface area contributed by atoms with Gasteiger partial charge in [0, 0.05) is 0 Å². The number of hydrogen-bond donors (Lipinski definition) is 0. The van der Waals surface area contributed by atoms with Gasteiger partial charge < -0.3 is 9.47 Å². The van der Waals surface area contributed by atoms with Crippen molar-refractivity contribution < 1.29 is 27.4 Å². The molecule has 0 bridgehead atoms. The van der Waals surface area contributed by atoms with E-state index in [1.54, 1.807) is 0 Å². The van der Waals surface area contributed by atoms with Crippen LogP contribution in [0.5, 0.6) is 5.75 Å². The summed E-state index contributed by atoms with van der Waals surface area (Å²) >= 11 is 0. The summed E-state index contributed by atoms with van der Waals surface area (Å²) < 4.78 is 45.9. The molecule has 15 heavy (non-hydrogen) atoms. The molecule has 0 saturated heterocycles. The first-order valence-corrected chi connectivity index (χ1v) is 3.86. The van der Waals surface area contributed by atoms with Crippen LogP contribution in [0, 0.1) is 5.82 Å². The molecular formula is C9H7F3O3. The van der Waals surface area contributed by atoms with E-state index >= 15 is 0 Å². The zero-order valence-corrected chi connectivity index (χ0v) is 7.67. The standard InChI is InChI=1S/C9H7F3O3/c1-14-8(13)9(11,12)15-7-4-2-6(10)3-5-7/h2-5H,1H3. The molecule has 0 aliphatic carbocycles. The molecular weight excluding hydrogens is 213 g/mol. The quantitative estimate of drug-likeness (QED) is 0.730. The van der Waals surface area contributed by atoms with Crippen LogP contribution >= 0.6 is 0 Å². The molecule has 0 heterocycles. The lowest BCUT2D eigenvalue weighted by molar-refractivity contribution is -0.214. The molecule has 0 unspecified atom stereocenters. The summed E-state index contributed by atoms with van der Waals surface area (Å²) in [6.07, 6.45) is -4.08. The lowest BCUT2D eigenvalue weighted by atomic mass is 10.3. The van der Waals surface area contributed by atoms with Gasteiger partial charge >= 0.3 is 12.1 Å². The van der Waals surface area contributed by atoms with Crippen molar-refractivity contribution in [3.05, 3.63) is 30.1 Å². The van der Waals surface area contributed by atoms with E-state index in [1.807, 2.05) is 0 Å². The summed E-state index contributed by atoms with van der Waals surface area (Å²) in [6.45, 7) is 0. The van der Waals surface area contributed by atoms with E-state index in [-0.39, 0.29) is 5.75 Å². The van der Waals surface area contributed by atoms with Gasteiger partial charge in [0.05, 0.1) is 7.11 Å². The van der Waals surface area contributed by atoms with Crippen molar-refractivity contribution in [2.45, 2.75) is 6.11 Å². The fourth-order valence-electron chi connectivity index (χ4n) is 0.811. The minimum absolute atomic E-state index is 0.327. The number of esters is 1. The van der Waals surface area contributed by atoms with Crippen LogP contribution in [0.4, 0.5) is 13.2 Å². The van der Waals surface area contributed by atoms with Crippen molar-refractivity contribution in [2.75, 3.05) is 7.11 Å². The molecule has 0 spiro atoms. The molecule has 1 aromatic rings. The third-order valence-electron chi connectivity index (χ3n) is 1.48. The van der Waals surface area contributed by atoms with E-state index in [0.29, 0.717) is 0 Å². The highest BCUT2D eigenvalue weighted by atomic mass is 19.3. The van der Waals surface area contributed by atoms with Gasteiger partial charge in [0.2, 0.25) is 0 Å². The lowest BCUT2D eigenvalue weighted by Crippen LogP contribution is -2.36. The van der Waals surface area contributed by atoms with E-state index in [1.165, 1.54) is 0 Å². The van der Waals surface area contributed by atoms with Gasteiger partial charge in [-0.1, -0.05) is 0 Å². The normalized spacial score (nSPS) is 10.9. The largest absolute Gasteiger partial charge is 0.502 e. The Balaban J connectivity index is 2.77. The molecule has 0 amide bonds. The van der Waals surface area contributed by atoms with E-state index < -0.39 is 17.9 Å². The Labute approximate surface area is 83.4 Å². The Morgan fingerprint density at radius 1 is 1.27 bits per heavy atom. The van der Waals surface area contributed by atoms with Crippen molar-refractivity contribution in [2.24, 2.45) is 0 Å². The third-order valence-corrected chi connectivity index (χ3v) is 1.48. The van der Waals surface area contributed by atoms with Crippen LogP contribution in [0.25, 0.3) is 0 Å². The summed E-state index contributed by atoms with van der Waals surface area (Å²) in [7, 11) is 0.810. The Hall–Kier alpha value is -1.72. The zero-order valence-electron chi connectivity index (χ0n) is 7.67. The highest BCUT2D eigenvalue weighted by molar-refractivity contribution is 5.76. The van der Waals surface area contributed by atoms with Gasteiger partial charge in [-0.2, -0.15) is 8.78 Å². The van der Waals surface area contributed by atoms with Crippen molar-refractivity contribution >= 4 is 5.97 Å². The second-order valence-corrected chi connectivity index (χ2v) is 2.56. The SMILES string of the molecule is COC(=O)C(F)(F)Oc1ccc(F)cc1. The third kappa shape index (κ3) is 2.87. The topological polar surface area (TPSA) is 35.5 Å². The van der Waals surface area contributed by atoms with Crippen LogP contribution in [0.2, 0.25) is 0 Å². The van der Waals surface area contributed by atoms with Gasteiger partial charge in [-0.25, -0.2) is 9.18 Å². The second-order valence-electron chi connectivity index (χ2n) is 2.56. The smallest absolute Gasteiger partial charge is 0.462 e. The van der Waals surface area contributed by atoms with Gasteiger partial charge in [0.15, 0.2) is 0 Å². The first-order valence-electron chi connectivity index (χ1n) is 3.86. The average Bonchev–Trinajstić information content (AvgIpc) is 2.20. The predicted molar refractivity (Wildman–Crippen MR) is 44.0 cm³/mol. The highest BCUT2D eigenvalue weighted by Crippen LogP contribution is 2.22. The lowest BCUT2D eigenvalue weighted by Gasteiger charge is -2.14. The summed E-state index contributed by atoms with van der Waals surface area (Å²) in [4.78, 5) is 10.5. The molecule has 82 valence electrons. The summed E-state index contributed by atoms with van der Waals surface area (Å²) in [6, 6.07) is 3.82. The fraction of sp³-hybridized carbons (Fsp3) is 0.222. The fourth-order valence-corrected chi connectivity index (χ4v) is 0.811. The maximum atomic E-state index is 12.8. The number of carbonyl (C=O) groups excluding carboxylic acids is 1. The number of methoxy groups -OCH3 is 1. The number of halogens is 3. The molecule has 0 saturated carbocycles. The van der Waals surface area contributed by atoms with E-state index in [2.05, 4.69) is 9.47 Å².